The van der Waals surface area contributed by atoms with E-state index in [1.807, 2.05) is 14.1 Å². The molecule has 210 valence electrons. The third-order valence-corrected chi connectivity index (χ3v) is 6.61. The number of imidazole rings is 1. The van der Waals surface area contributed by atoms with Crippen LogP contribution >= 0.6 is 15.9 Å². The molecule has 1 aromatic carbocycles. The molecule has 41 heavy (non-hydrogen) atoms. The number of aromatic nitrogens is 5. The van der Waals surface area contributed by atoms with Crippen molar-refractivity contribution in [3.63, 3.8) is 0 Å². The summed E-state index contributed by atoms with van der Waals surface area (Å²) >= 11 is 3.17. The molecule has 14 heteroatoms. The summed E-state index contributed by atoms with van der Waals surface area (Å²) in [5, 5.41) is 18.0. The first-order valence-corrected chi connectivity index (χ1v) is 13.0. The van der Waals surface area contributed by atoms with Gasteiger partial charge in [-0.25, -0.2) is 19.3 Å². The minimum Gasteiger partial charge on any atom is -0.358 e. The van der Waals surface area contributed by atoms with Gasteiger partial charge in [-0.05, 0) is 69.0 Å². The molecule has 0 spiro atoms. The summed E-state index contributed by atoms with van der Waals surface area (Å²) in [5.41, 5.74) is 1.60. The molecular weight excluding hydrogens is 597 g/mol. The molecule has 0 aliphatic rings. The van der Waals surface area contributed by atoms with Gasteiger partial charge in [-0.3, -0.25) is 9.36 Å². The van der Waals surface area contributed by atoms with E-state index in [1.165, 1.54) is 24.7 Å². The molecule has 0 aliphatic heterocycles. The van der Waals surface area contributed by atoms with Crippen molar-refractivity contribution < 1.29 is 18.6 Å². The maximum atomic E-state index is 13.6. The number of halogens is 2. The van der Waals surface area contributed by atoms with Crippen molar-refractivity contribution in [2.24, 2.45) is 7.05 Å². The third-order valence-electron chi connectivity index (χ3n) is 6.00. The third kappa shape index (κ3) is 7.07. The van der Waals surface area contributed by atoms with Crippen molar-refractivity contribution in [3.05, 3.63) is 80.9 Å². The number of nitro groups is 1. The molecule has 1 amide bonds. The molecule has 0 fully saturated rings. The fourth-order valence-corrected chi connectivity index (χ4v) is 4.36. The Kier molecular flexibility index (Phi) is 8.70. The van der Waals surface area contributed by atoms with Gasteiger partial charge in [0.15, 0.2) is 5.69 Å². The summed E-state index contributed by atoms with van der Waals surface area (Å²) in [4.78, 5) is 40.5. The maximum absolute atomic E-state index is 13.6. The van der Waals surface area contributed by atoms with Crippen LogP contribution < -0.4 is 10.6 Å². The summed E-state index contributed by atoms with van der Waals surface area (Å²) < 4.78 is 15.9. The van der Waals surface area contributed by atoms with E-state index in [4.69, 9.17) is 0 Å². The number of hydrogen-bond donors (Lipinski definition) is 2. The first-order valence-electron chi connectivity index (χ1n) is 12.2. The van der Waals surface area contributed by atoms with Gasteiger partial charge < -0.3 is 25.2 Å². The number of anilines is 3. The van der Waals surface area contributed by atoms with E-state index in [0.717, 1.165) is 0 Å². The Bertz CT molecular complexity index is 1740. The number of fused-ring (bicyclic) bond motifs is 1. The monoisotopic (exact) mass is 622 g/mol. The van der Waals surface area contributed by atoms with Crippen LogP contribution in [0.25, 0.3) is 10.9 Å². The zero-order valence-corrected chi connectivity index (χ0v) is 24.2. The molecule has 0 atom stereocenters. The number of amides is 1. The van der Waals surface area contributed by atoms with E-state index >= 15 is 0 Å². The fourth-order valence-electron chi connectivity index (χ4n) is 3.98. The fraction of sp³-hybridized carbons (Fsp3) is 0.222. The van der Waals surface area contributed by atoms with Gasteiger partial charge in [0.1, 0.15) is 30.3 Å². The van der Waals surface area contributed by atoms with Crippen molar-refractivity contribution >= 4 is 55.9 Å². The quantitative estimate of drug-likeness (QED) is 0.0916. The number of nitrogens with one attached hydrogen (secondary N) is 2. The van der Waals surface area contributed by atoms with Crippen molar-refractivity contribution in [2.75, 3.05) is 31.3 Å². The lowest BCUT2D eigenvalue weighted by Gasteiger charge is -2.28. The Morgan fingerprint density at radius 1 is 1.27 bits per heavy atom. The van der Waals surface area contributed by atoms with E-state index < -0.39 is 10.8 Å². The Hall–Kier alpha value is -4.74. The molecule has 0 saturated heterocycles. The second-order valence-electron chi connectivity index (χ2n) is 9.63. The zero-order chi connectivity index (χ0) is 29.7. The maximum Gasteiger partial charge on any atom is 0.392 e. The van der Waals surface area contributed by atoms with E-state index in [9.17, 15) is 19.3 Å². The smallest absolute Gasteiger partial charge is 0.358 e. The summed E-state index contributed by atoms with van der Waals surface area (Å²) in [6.07, 6.45) is 5.96. The lowest BCUT2D eigenvalue weighted by atomic mass is 10.2. The average Bonchev–Trinajstić information content (AvgIpc) is 3.21. The second kappa shape index (κ2) is 12.2. The summed E-state index contributed by atoms with van der Waals surface area (Å²) in [5.74, 6) is 5.53. The Morgan fingerprint density at radius 2 is 2.05 bits per heavy atom. The highest BCUT2D eigenvalue weighted by atomic mass is 79.9. The first kappa shape index (κ1) is 29.2. The van der Waals surface area contributed by atoms with Crippen molar-refractivity contribution in [1.82, 2.24) is 24.5 Å². The normalized spacial score (nSPS) is 11.4. The predicted octanol–water partition coefficient (Wildman–Crippen LogP) is 4.45. The number of hydrogen-bond acceptors (Lipinski definition) is 8. The summed E-state index contributed by atoms with van der Waals surface area (Å²) in [6.45, 7) is 2.34. The highest BCUT2D eigenvalue weighted by Gasteiger charge is 2.30. The van der Waals surface area contributed by atoms with E-state index in [1.54, 1.807) is 42.8 Å². The lowest BCUT2D eigenvalue weighted by Crippen LogP contribution is -2.39. The molecule has 0 bridgehead atoms. The van der Waals surface area contributed by atoms with Crippen LogP contribution in [0.5, 0.6) is 0 Å². The molecule has 0 aliphatic carbocycles. The number of pyridine rings is 1. The van der Waals surface area contributed by atoms with Crippen molar-refractivity contribution in [1.29, 1.82) is 0 Å². The number of quaternary nitrogens is 1. The van der Waals surface area contributed by atoms with Crippen LogP contribution in [0.2, 0.25) is 0 Å². The van der Waals surface area contributed by atoms with Gasteiger partial charge in [-0.15, -0.1) is 0 Å². The summed E-state index contributed by atoms with van der Waals surface area (Å²) in [7, 11) is 5.48. The Labute approximate surface area is 243 Å². The number of carbonyl (C=O) groups is 1. The minimum atomic E-state index is -0.513. The van der Waals surface area contributed by atoms with Crippen molar-refractivity contribution in [3.8, 4) is 11.8 Å². The molecule has 3 aromatic heterocycles. The van der Waals surface area contributed by atoms with E-state index in [0.29, 0.717) is 56.0 Å². The standard InChI is InChI=1S/C27H25BrFN9O3/c1-5-7-24-35-27(37(40)41)22(36(24)2)15-38(3,4)11-6-8-25(39)34-23-13-18-21(14-30-23)31-16-32-26(18)33-17-9-10-20(29)19(28)12-17/h6,8-10,12-14,16H,11,15H2,1-4H3,(H-,30,31,32,33,34,39)/p+1. The van der Waals surface area contributed by atoms with Gasteiger partial charge in [-0.1, -0.05) is 5.92 Å². The number of nitrogens with zero attached hydrogens (tertiary/aromatic N) is 7. The SMILES string of the molecule is CC#Cc1nc([N+](=O)[O-])c(C[N+](C)(C)CC=CC(=O)Nc2cc3c(Nc4ccc(F)c(Br)c4)ncnc3cn2)n1C. The highest BCUT2D eigenvalue weighted by Crippen LogP contribution is 2.27. The van der Waals surface area contributed by atoms with Crippen LogP contribution in [-0.2, 0) is 18.4 Å². The van der Waals surface area contributed by atoms with Crippen LogP contribution in [0.4, 0.5) is 27.5 Å². The predicted molar refractivity (Wildman–Crippen MR) is 156 cm³/mol. The van der Waals surface area contributed by atoms with E-state index in [2.05, 4.69) is 58.3 Å². The van der Waals surface area contributed by atoms with Crippen molar-refractivity contribution in [2.45, 2.75) is 13.5 Å². The van der Waals surface area contributed by atoms with Gasteiger partial charge in [-0.2, -0.15) is 0 Å². The molecule has 4 rings (SSSR count). The largest absolute Gasteiger partial charge is 0.392 e. The van der Waals surface area contributed by atoms with Gasteiger partial charge >= 0.3 is 5.82 Å². The van der Waals surface area contributed by atoms with Crippen LogP contribution in [0, 0.1) is 27.8 Å². The molecule has 12 nitrogen and oxygen atoms in total. The topological polar surface area (TPSA) is 141 Å². The molecule has 2 N–H and O–H groups in total. The van der Waals surface area contributed by atoms with Crippen LogP contribution in [0.1, 0.15) is 18.4 Å². The number of benzene rings is 1. The minimum absolute atomic E-state index is 0.231. The Balaban J connectivity index is 1.45. The van der Waals surface area contributed by atoms with Gasteiger partial charge in [0.05, 0.1) is 36.8 Å². The van der Waals surface area contributed by atoms with Crippen LogP contribution in [0.3, 0.4) is 0 Å². The molecule has 0 radical (unpaired) electrons. The van der Waals surface area contributed by atoms with Gasteiger partial charge in [0, 0.05) is 24.2 Å². The molecule has 0 saturated carbocycles. The molecule has 4 aromatic rings. The number of carbonyl (C=O) groups excluding carboxylic acids is 1. The highest BCUT2D eigenvalue weighted by molar-refractivity contribution is 9.10. The van der Waals surface area contributed by atoms with Crippen LogP contribution in [0.15, 0.2) is 53.4 Å². The van der Waals surface area contributed by atoms with Gasteiger partial charge in [0.25, 0.3) is 5.82 Å². The number of likely N-dealkylation sites (N-methyl/N-ethyl adjacent to an activating group) is 1. The van der Waals surface area contributed by atoms with E-state index in [-0.39, 0.29) is 17.5 Å². The lowest BCUT2D eigenvalue weighted by molar-refractivity contribution is -0.898. The number of rotatable bonds is 9. The average molecular weight is 623 g/mol. The summed E-state index contributed by atoms with van der Waals surface area (Å²) in [6, 6.07) is 6.13. The molecular formula is C27H26BrFN9O3+. The zero-order valence-electron chi connectivity index (χ0n) is 22.6. The van der Waals surface area contributed by atoms with Gasteiger partial charge in [0.2, 0.25) is 5.91 Å². The second-order valence-corrected chi connectivity index (χ2v) is 10.5. The first-order chi connectivity index (χ1) is 19.5. The Morgan fingerprint density at radius 3 is 2.76 bits per heavy atom. The molecule has 0 unspecified atom stereocenters. The molecule has 3 heterocycles. The van der Waals surface area contributed by atoms with Crippen LogP contribution in [-0.4, -0.2) is 60.5 Å².